The van der Waals surface area contributed by atoms with Gasteiger partial charge >= 0.3 is 0 Å². The zero-order valence-electron chi connectivity index (χ0n) is 39.3. The molecule has 0 saturated heterocycles. The lowest BCUT2D eigenvalue weighted by molar-refractivity contribution is 0.0877. The van der Waals surface area contributed by atoms with E-state index in [4.69, 9.17) is 18.9 Å². The van der Waals surface area contributed by atoms with Gasteiger partial charge in [0, 0.05) is 43.1 Å². The summed E-state index contributed by atoms with van der Waals surface area (Å²) in [6.07, 6.45) is 0. The number of fused-ring (bicyclic) bond motifs is 2. The van der Waals surface area contributed by atoms with Crippen LogP contribution in [-0.2, 0) is 10.1 Å². The number of carbonyl (C=O) groups is 4. The Morgan fingerprint density at radius 3 is 0.880 bits per heavy atom. The molecule has 2 aliphatic heterocycles. The molecule has 14 heteroatoms. The summed E-state index contributed by atoms with van der Waals surface area (Å²) in [5, 5.41) is 2.59. The predicted octanol–water partition coefficient (Wildman–Crippen LogP) is 14.1. The van der Waals surface area contributed by atoms with Crippen molar-refractivity contribution in [3.63, 3.8) is 0 Å². The number of rotatable bonds is 11. The first-order valence-electron chi connectivity index (χ1n) is 23.6. The third kappa shape index (κ3) is 7.30. The largest absolute Gasteiger partial charge is 0.457 e. The standard InChI is InChI=1S/C61H36N2O11S/c1-34-22-24-35(25-23-34)62-58(64)42-30-46(71-37-14-6-2-7-15-37)52-54-48(73-39-18-10-4-11-19-39)32-44-51-45(61(67)63(60(44)66)36-26-28-41(29-27-36)75(68,69)70)33-49(74-40-20-12-5-13-21-40)55(57(51)54)53-47(72-38-16-8-3-9-17-38)31-43(59(62)65)50(42)56(52)53/h2-33H,1H3,(H,68,69,70). The average molecular weight is 1010 g/mol. The second kappa shape index (κ2) is 17.1. The van der Waals surface area contributed by atoms with Gasteiger partial charge in [-0.05, 0) is 116 Å². The Hall–Kier alpha value is -9.89. The number of imide groups is 2. The summed E-state index contributed by atoms with van der Waals surface area (Å²) < 4.78 is 61.8. The Bertz CT molecular complexity index is 4120. The Kier molecular flexibility index (Phi) is 10.3. The van der Waals surface area contributed by atoms with Crippen LogP contribution in [-0.4, -0.2) is 36.6 Å². The van der Waals surface area contributed by atoms with E-state index in [2.05, 4.69) is 0 Å². The minimum Gasteiger partial charge on any atom is -0.457 e. The molecule has 0 atom stereocenters. The van der Waals surface area contributed by atoms with Crippen LogP contribution < -0.4 is 28.7 Å². The second-order valence-electron chi connectivity index (χ2n) is 18.0. The quantitative estimate of drug-likeness (QED) is 0.0567. The number of amides is 4. The Morgan fingerprint density at radius 2 is 0.613 bits per heavy atom. The lowest BCUT2D eigenvalue weighted by Gasteiger charge is -2.32. The van der Waals surface area contributed by atoms with Gasteiger partial charge in [-0.1, -0.05) is 90.5 Å². The van der Waals surface area contributed by atoms with Gasteiger partial charge < -0.3 is 18.9 Å². The maximum Gasteiger partial charge on any atom is 0.294 e. The zero-order chi connectivity index (χ0) is 51.3. The van der Waals surface area contributed by atoms with Gasteiger partial charge in [0.2, 0.25) is 0 Å². The highest BCUT2D eigenvalue weighted by Crippen LogP contribution is 2.58. The number of nitrogens with zero attached hydrogens (tertiary/aromatic N) is 2. The number of hydrogen-bond donors (Lipinski definition) is 1. The van der Waals surface area contributed by atoms with Crippen LogP contribution in [0.3, 0.4) is 0 Å². The van der Waals surface area contributed by atoms with E-state index in [1.165, 1.54) is 12.1 Å². The van der Waals surface area contributed by atoms with Crippen LogP contribution in [0.1, 0.15) is 47.0 Å². The van der Waals surface area contributed by atoms with Crippen molar-refractivity contribution in [3.8, 4) is 46.0 Å². The van der Waals surface area contributed by atoms with Gasteiger partial charge in [-0.2, -0.15) is 8.42 Å². The van der Waals surface area contributed by atoms with Crippen molar-refractivity contribution in [1.82, 2.24) is 0 Å². The number of anilines is 2. The second-order valence-corrected chi connectivity index (χ2v) is 19.5. The fraction of sp³-hybridized carbons (Fsp3) is 0.0164. The van der Waals surface area contributed by atoms with Crippen LogP contribution in [0, 0.1) is 6.92 Å². The SMILES string of the molecule is Cc1ccc(N2C(=O)c3cc(Oc4ccccc4)c4c5c(Oc6ccccc6)cc6c7c(cc(Oc8ccccc8)c(c8c(Oc9ccccc9)cc(c3c48)C2=O)c75)C(=O)N(c2ccc(S(=O)(=O)O)cc2)C6=O)cc1. The van der Waals surface area contributed by atoms with Crippen LogP contribution in [0.4, 0.5) is 11.4 Å². The molecule has 0 spiro atoms. The molecule has 0 unspecified atom stereocenters. The van der Waals surface area contributed by atoms with Gasteiger partial charge in [0.15, 0.2) is 0 Å². The molecule has 2 heterocycles. The average Bonchev–Trinajstić information content (AvgIpc) is 3.45. The van der Waals surface area contributed by atoms with E-state index in [1.54, 1.807) is 133 Å². The molecule has 0 aliphatic carbocycles. The van der Waals surface area contributed by atoms with E-state index in [-0.39, 0.29) is 56.3 Å². The van der Waals surface area contributed by atoms with Gasteiger partial charge in [-0.25, -0.2) is 9.80 Å². The highest BCUT2D eigenvalue weighted by molar-refractivity contribution is 7.85. The number of hydrogen-bond acceptors (Lipinski definition) is 10. The molecule has 0 saturated carbocycles. The first-order valence-corrected chi connectivity index (χ1v) is 25.0. The first-order chi connectivity index (χ1) is 36.4. The zero-order valence-corrected chi connectivity index (χ0v) is 40.1. The summed E-state index contributed by atoms with van der Waals surface area (Å²) in [7, 11) is -4.63. The van der Waals surface area contributed by atoms with Crippen molar-refractivity contribution in [1.29, 1.82) is 0 Å². The summed E-state index contributed by atoms with van der Waals surface area (Å²) in [4.78, 5) is 63.0. The van der Waals surface area contributed by atoms with Crippen molar-refractivity contribution >= 4 is 88.2 Å². The monoisotopic (exact) mass is 1000 g/mol. The van der Waals surface area contributed by atoms with Crippen LogP contribution in [0.2, 0.25) is 0 Å². The molecule has 4 amide bonds. The number of benzene rings is 11. The minimum absolute atomic E-state index is 0.0169. The molecule has 0 bridgehead atoms. The van der Waals surface area contributed by atoms with Crippen LogP contribution in [0.25, 0.3) is 43.1 Å². The molecular weight excluding hydrogens is 969 g/mol. The molecule has 0 radical (unpaired) electrons. The summed E-state index contributed by atoms with van der Waals surface area (Å²) in [5.74, 6) is -0.612. The molecule has 11 aromatic carbocycles. The van der Waals surface area contributed by atoms with Gasteiger partial charge in [0.1, 0.15) is 46.0 Å². The predicted molar refractivity (Wildman–Crippen MR) is 283 cm³/mol. The van der Waals surface area contributed by atoms with Crippen molar-refractivity contribution < 1.29 is 51.1 Å². The number of carbonyl (C=O) groups excluding carboxylic acids is 4. The van der Waals surface area contributed by atoms with Crippen molar-refractivity contribution in [2.45, 2.75) is 11.8 Å². The van der Waals surface area contributed by atoms with Crippen molar-refractivity contribution in [2.24, 2.45) is 0 Å². The minimum atomic E-state index is -4.63. The number of ether oxygens (including phenoxy) is 4. The number of para-hydroxylation sites is 4. The Balaban J connectivity index is 1.24. The van der Waals surface area contributed by atoms with Gasteiger partial charge in [0.25, 0.3) is 33.7 Å². The van der Waals surface area contributed by atoms with Crippen LogP contribution >= 0.6 is 0 Å². The van der Waals surface area contributed by atoms with E-state index in [0.717, 1.165) is 27.5 Å². The van der Waals surface area contributed by atoms with Crippen LogP contribution in [0.5, 0.6) is 46.0 Å². The fourth-order valence-corrected chi connectivity index (χ4v) is 10.7. The van der Waals surface area contributed by atoms with Gasteiger partial charge in [0.05, 0.1) is 38.5 Å². The summed E-state index contributed by atoms with van der Waals surface area (Å²) in [6.45, 7) is 1.91. The Labute approximate surface area is 427 Å². The molecule has 2 aliphatic rings. The van der Waals surface area contributed by atoms with E-state index in [9.17, 15) is 13.0 Å². The highest BCUT2D eigenvalue weighted by Gasteiger charge is 2.42. The topological polar surface area (TPSA) is 166 Å². The fourth-order valence-electron chi connectivity index (χ4n) is 10.2. The highest BCUT2D eigenvalue weighted by atomic mass is 32.2. The van der Waals surface area contributed by atoms with Gasteiger partial charge in [-0.15, -0.1) is 0 Å². The van der Waals surface area contributed by atoms with E-state index >= 15 is 19.2 Å². The maximum atomic E-state index is 15.4. The van der Waals surface area contributed by atoms with Gasteiger partial charge in [-0.3, -0.25) is 23.7 Å². The molecule has 13 nitrogen and oxygen atoms in total. The third-order valence-corrected chi connectivity index (χ3v) is 14.3. The van der Waals surface area contributed by atoms with E-state index in [0.29, 0.717) is 66.4 Å². The van der Waals surface area contributed by atoms with E-state index in [1.807, 2.05) is 43.3 Å². The molecule has 362 valence electrons. The lowest BCUT2D eigenvalue weighted by atomic mass is 9.80. The molecule has 1 N–H and O–H groups in total. The molecular formula is C61H36N2O11S. The number of aryl methyl sites for hydroxylation is 1. The van der Waals surface area contributed by atoms with Crippen molar-refractivity contribution in [2.75, 3.05) is 9.80 Å². The third-order valence-electron chi connectivity index (χ3n) is 13.5. The molecule has 75 heavy (non-hydrogen) atoms. The van der Waals surface area contributed by atoms with Crippen molar-refractivity contribution in [3.05, 3.63) is 222 Å². The summed E-state index contributed by atoms with van der Waals surface area (Å²) in [5.41, 5.74) is 1.66. The van der Waals surface area contributed by atoms with E-state index < -0.39 is 38.6 Å². The van der Waals surface area contributed by atoms with Crippen LogP contribution in [0.15, 0.2) is 199 Å². The normalized spacial score (nSPS) is 13.4. The lowest BCUT2D eigenvalue weighted by Crippen LogP contribution is -2.40. The molecule has 0 fully saturated rings. The molecule has 11 aromatic rings. The summed E-state index contributed by atoms with van der Waals surface area (Å²) in [6, 6.07) is 53.9. The molecule has 13 rings (SSSR count). The smallest absolute Gasteiger partial charge is 0.294 e. The maximum absolute atomic E-state index is 15.4. The Morgan fingerprint density at radius 1 is 0.347 bits per heavy atom. The molecule has 0 aromatic heterocycles. The summed E-state index contributed by atoms with van der Waals surface area (Å²) >= 11 is 0. The first kappa shape index (κ1) is 45.0.